The van der Waals surface area contributed by atoms with Crippen molar-refractivity contribution < 1.29 is 18.3 Å². The fraction of sp³-hybridized carbons (Fsp3) is 0.556. The molecule has 1 heterocycles. The van der Waals surface area contributed by atoms with Crippen molar-refractivity contribution in [3.63, 3.8) is 0 Å². The minimum Gasteiger partial charge on any atom is -0.472 e. The van der Waals surface area contributed by atoms with Gasteiger partial charge in [-0.25, -0.2) is 8.78 Å². The zero-order valence-electron chi connectivity index (χ0n) is 6.91. The second kappa shape index (κ2) is 2.80. The highest BCUT2D eigenvalue weighted by Crippen LogP contribution is 2.52. The van der Waals surface area contributed by atoms with E-state index in [0.717, 1.165) is 0 Å². The molecular weight excluding hydrogens is 178 g/mol. The molecule has 2 atom stereocenters. The van der Waals surface area contributed by atoms with Crippen LogP contribution in [-0.4, -0.2) is 11.0 Å². The lowest BCUT2D eigenvalue weighted by Gasteiger charge is -2.06. The Morgan fingerprint density at radius 3 is 2.85 bits per heavy atom. The van der Waals surface area contributed by atoms with Gasteiger partial charge in [-0.2, -0.15) is 0 Å². The van der Waals surface area contributed by atoms with Crippen LogP contribution in [0.4, 0.5) is 8.78 Å². The first-order valence-corrected chi connectivity index (χ1v) is 4.17. The molecule has 1 aromatic rings. The number of furan rings is 1. The van der Waals surface area contributed by atoms with E-state index in [0.29, 0.717) is 5.56 Å². The van der Waals surface area contributed by atoms with E-state index in [-0.39, 0.29) is 12.8 Å². The Labute approximate surface area is 74.2 Å². The molecule has 0 radical (unpaired) electrons. The fourth-order valence-corrected chi connectivity index (χ4v) is 1.40. The first-order chi connectivity index (χ1) is 6.09. The van der Waals surface area contributed by atoms with E-state index in [9.17, 15) is 13.9 Å². The third kappa shape index (κ3) is 1.72. The van der Waals surface area contributed by atoms with E-state index in [1.165, 1.54) is 12.5 Å². The van der Waals surface area contributed by atoms with E-state index in [1.807, 2.05) is 0 Å². The maximum absolute atomic E-state index is 12.5. The molecule has 1 N–H and O–H groups in total. The van der Waals surface area contributed by atoms with Crippen LogP contribution in [0, 0.1) is 5.92 Å². The highest BCUT2D eigenvalue weighted by Gasteiger charge is 2.56. The van der Waals surface area contributed by atoms with Gasteiger partial charge < -0.3 is 9.52 Å². The minimum absolute atomic E-state index is 0.0953. The monoisotopic (exact) mass is 188 g/mol. The highest BCUT2D eigenvalue weighted by molar-refractivity contribution is 5.11. The number of alkyl halides is 2. The number of aliphatic hydroxyl groups is 1. The SMILES string of the molecule is OC(CC1CC1(F)F)c1ccoc1. The molecule has 1 aliphatic carbocycles. The van der Waals surface area contributed by atoms with Crippen molar-refractivity contribution in [1.29, 1.82) is 0 Å². The summed E-state index contributed by atoms with van der Waals surface area (Å²) >= 11 is 0. The first kappa shape index (κ1) is 8.69. The summed E-state index contributed by atoms with van der Waals surface area (Å²) in [6.07, 6.45) is 2.00. The molecule has 1 aliphatic rings. The van der Waals surface area contributed by atoms with Gasteiger partial charge in [-0.3, -0.25) is 0 Å². The lowest BCUT2D eigenvalue weighted by atomic mass is 10.1. The van der Waals surface area contributed by atoms with Gasteiger partial charge in [0, 0.05) is 17.9 Å². The van der Waals surface area contributed by atoms with Crippen molar-refractivity contribution in [2.75, 3.05) is 0 Å². The normalized spacial score (nSPS) is 27.2. The summed E-state index contributed by atoms with van der Waals surface area (Å²) in [5.74, 6) is -3.21. The topological polar surface area (TPSA) is 33.4 Å². The number of aliphatic hydroxyl groups excluding tert-OH is 1. The summed E-state index contributed by atoms with van der Waals surface area (Å²) < 4.78 is 29.7. The summed E-state index contributed by atoms with van der Waals surface area (Å²) in [5, 5.41) is 9.46. The van der Waals surface area contributed by atoms with E-state index in [1.54, 1.807) is 6.07 Å². The molecule has 2 nitrogen and oxygen atoms in total. The minimum atomic E-state index is -2.55. The van der Waals surface area contributed by atoms with Crippen LogP contribution in [0.25, 0.3) is 0 Å². The van der Waals surface area contributed by atoms with Crippen LogP contribution in [-0.2, 0) is 0 Å². The molecule has 1 aromatic heterocycles. The molecule has 1 fully saturated rings. The third-order valence-corrected chi connectivity index (χ3v) is 2.39. The van der Waals surface area contributed by atoms with Crippen molar-refractivity contribution in [3.8, 4) is 0 Å². The standard InChI is InChI=1S/C9H10F2O2/c10-9(11)4-7(9)3-8(12)6-1-2-13-5-6/h1-2,5,7-8,12H,3-4H2. The molecule has 72 valence electrons. The molecular formula is C9H10F2O2. The third-order valence-electron chi connectivity index (χ3n) is 2.39. The van der Waals surface area contributed by atoms with Gasteiger partial charge in [0.05, 0.1) is 18.6 Å². The fourth-order valence-electron chi connectivity index (χ4n) is 1.40. The van der Waals surface area contributed by atoms with Gasteiger partial charge in [0.15, 0.2) is 0 Å². The van der Waals surface area contributed by atoms with Crippen LogP contribution in [0.5, 0.6) is 0 Å². The van der Waals surface area contributed by atoms with Crippen molar-refractivity contribution in [1.82, 2.24) is 0 Å². The number of halogens is 2. The second-order valence-corrected chi connectivity index (χ2v) is 3.47. The van der Waals surface area contributed by atoms with Gasteiger partial charge in [0.1, 0.15) is 0 Å². The van der Waals surface area contributed by atoms with Gasteiger partial charge in [-0.1, -0.05) is 0 Å². The molecule has 2 unspecified atom stereocenters. The zero-order valence-corrected chi connectivity index (χ0v) is 6.91. The van der Waals surface area contributed by atoms with Crippen LogP contribution in [0.3, 0.4) is 0 Å². The van der Waals surface area contributed by atoms with Crippen LogP contribution < -0.4 is 0 Å². The van der Waals surface area contributed by atoms with Crippen molar-refractivity contribution in [2.24, 2.45) is 5.92 Å². The van der Waals surface area contributed by atoms with E-state index in [2.05, 4.69) is 0 Å². The lowest BCUT2D eigenvalue weighted by molar-refractivity contribution is 0.0766. The smallest absolute Gasteiger partial charge is 0.251 e. The summed E-state index contributed by atoms with van der Waals surface area (Å²) in [7, 11) is 0. The Bertz CT molecular complexity index is 282. The van der Waals surface area contributed by atoms with Crippen molar-refractivity contribution in [2.45, 2.75) is 24.9 Å². The van der Waals surface area contributed by atoms with E-state index in [4.69, 9.17) is 4.42 Å². The largest absolute Gasteiger partial charge is 0.472 e. The van der Waals surface area contributed by atoms with E-state index < -0.39 is 17.9 Å². The predicted octanol–water partition coefficient (Wildman–Crippen LogP) is 2.36. The Hall–Kier alpha value is -0.900. The van der Waals surface area contributed by atoms with E-state index >= 15 is 0 Å². The Kier molecular flexibility index (Phi) is 1.87. The summed E-state index contributed by atoms with van der Waals surface area (Å²) in [6.45, 7) is 0. The van der Waals surface area contributed by atoms with Crippen LogP contribution in [0.2, 0.25) is 0 Å². The molecule has 0 aliphatic heterocycles. The highest BCUT2D eigenvalue weighted by atomic mass is 19.3. The molecule has 2 rings (SSSR count). The Morgan fingerprint density at radius 2 is 2.38 bits per heavy atom. The van der Waals surface area contributed by atoms with Crippen LogP contribution in [0.1, 0.15) is 24.5 Å². The van der Waals surface area contributed by atoms with Gasteiger partial charge >= 0.3 is 0 Å². The summed E-state index contributed by atoms with van der Waals surface area (Å²) in [6, 6.07) is 1.59. The number of rotatable bonds is 3. The molecule has 0 spiro atoms. The average Bonchev–Trinajstić information content (AvgIpc) is 2.58. The molecule has 0 saturated heterocycles. The first-order valence-electron chi connectivity index (χ1n) is 4.17. The molecule has 4 heteroatoms. The van der Waals surface area contributed by atoms with Crippen LogP contribution in [0.15, 0.2) is 23.0 Å². The molecule has 0 aromatic carbocycles. The van der Waals surface area contributed by atoms with Crippen LogP contribution >= 0.6 is 0 Å². The molecule has 0 bridgehead atoms. The van der Waals surface area contributed by atoms with Crippen molar-refractivity contribution >= 4 is 0 Å². The Balaban J connectivity index is 1.90. The Morgan fingerprint density at radius 1 is 1.69 bits per heavy atom. The van der Waals surface area contributed by atoms with Gasteiger partial charge in [-0.05, 0) is 12.5 Å². The maximum Gasteiger partial charge on any atom is 0.251 e. The number of hydrogen-bond donors (Lipinski definition) is 1. The lowest BCUT2D eigenvalue weighted by Crippen LogP contribution is -2.01. The summed E-state index contributed by atoms with van der Waals surface area (Å²) in [4.78, 5) is 0. The average molecular weight is 188 g/mol. The molecule has 13 heavy (non-hydrogen) atoms. The van der Waals surface area contributed by atoms with Gasteiger partial charge in [0.25, 0.3) is 5.92 Å². The van der Waals surface area contributed by atoms with Crippen molar-refractivity contribution in [3.05, 3.63) is 24.2 Å². The molecule has 1 saturated carbocycles. The second-order valence-electron chi connectivity index (χ2n) is 3.47. The zero-order chi connectivity index (χ0) is 9.47. The quantitative estimate of drug-likeness (QED) is 0.789. The predicted molar refractivity (Wildman–Crippen MR) is 41.3 cm³/mol. The van der Waals surface area contributed by atoms with Gasteiger partial charge in [0.2, 0.25) is 0 Å². The molecule has 0 amide bonds. The van der Waals surface area contributed by atoms with Gasteiger partial charge in [-0.15, -0.1) is 0 Å². The number of hydrogen-bond acceptors (Lipinski definition) is 2. The maximum atomic E-state index is 12.5. The summed E-state index contributed by atoms with van der Waals surface area (Å²) in [5.41, 5.74) is 0.572.